The molecule has 0 radical (unpaired) electrons. The Morgan fingerprint density at radius 3 is 1.30 bits per heavy atom. The fraction of sp³-hybridized carbons (Fsp3) is 0.333. The number of benzene rings is 5. The minimum Gasteiger partial charge on any atom is -0.398 e. The standard InChI is InChI=1S/C16H19N.C14H17NS.C11H17N.C10H14FN/c1-16(2,3)14-11-13(9-10-15(14)17)12-7-5-4-6-8-12;1-14(2,3)11-9-10(6-7-12(11)15)13-5-4-8-16-13;1-8-5-6-9(10(12)7-8)11(2,3)4;1-10(2,3)8-6-7(11)4-5-9(8)12/h4-11H,17H2,1-3H3;4-9H,15H2,1-3H3;5-7H,12H2,1-4H3;4-6H,12H2,1-3H3. The van der Waals surface area contributed by atoms with Crippen molar-refractivity contribution in [3.8, 4) is 21.6 Å². The highest BCUT2D eigenvalue weighted by molar-refractivity contribution is 7.13. The Bertz CT molecular complexity index is 2180. The number of thiophene rings is 1. The van der Waals surface area contributed by atoms with Gasteiger partial charge < -0.3 is 22.9 Å². The third kappa shape index (κ3) is 13.8. The van der Waals surface area contributed by atoms with Crippen molar-refractivity contribution in [1.82, 2.24) is 0 Å². The average molecular weight is 787 g/mol. The Kier molecular flexibility index (Phi) is 15.4. The van der Waals surface area contributed by atoms with E-state index in [9.17, 15) is 4.39 Å². The van der Waals surface area contributed by atoms with Crippen molar-refractivity contribution in [3.63, 3.8) is 0 Å². The summed E-state index contributed by atoms with van der Waals surface area (Å²) in [5.74, 6) is -0.228. The van der Waals surface area contributed by atoms with Crippen molar-refractivity contribution >= 4 is 34.1 Å². The van der Waals surface area contributed by atoms with Crippen molar-refractivity contribution in [2.45, 2.75) is 112 Å². The molecule has 304 valence electrons. The van der Waals surface area contributed by atoms with Crippen LogP contribution in [0.4, 0.5) is 27.1 Å². The Labute approximate surface area is 347 Å². The first-order valence-electron chi connectivity index (χ1n) is 19.6. The van der Waals surface area contributed by atoms with Crippen molar-refractivity contribution in [3.05, 3.63) is 154 Å². The Morgan fingerprint density at radius 2 is 0.860 bits per heavy atom. The fourth-order valence-electron chi connectivity index (χ4n) is 6.36. The van der Waals surface area contributed by atoms with Gasteiger partial charge in [-0.1, -0.05) is 144 Å². The molecule has 0 unspecified atom stereocenters. The first-order chi connectivity index (χ1) is 26.3. The maximum atomic E-state index is 12.8. The summed E-state index contributed by atoms with van der Waals surface area (Å²) in [6.45, 7) is 27.8. The number of halogens is 1. The zero-order chi connectivity index (χ0) is 42.9. The minimum atomic E-state index is -0.228. The predicted molar refractivity (Wildman–Crippen MR) is 252 cm³/mol. The van der Waals surface area contributed by atoms with E-state index in [-0.39, 0.29) is 27.5 Å². The van der Waals surface area contributed by atoms with Crippen molar-refractivity contribution in [2.75, 3.05) is 22.9 Å². The molecule has 4 nitrogen and oxygen atoms in total. The maximum Gasteiger partial charge on any atom is 0.123 e. The van der Waals surface area contributed by atoms with Gasteiger partial charge in [0.2, 0.25) is 0 Å². The normalized spacial score (nSPS) is 11.6. The smallest absolute Gasteiger partial charge is 0.123 e. The van der Waals surface area contributed by atoms with E-state index in [2.05, 4.69) is 147 Å². The summed E-state index contributed by atoms with van der Waals surface area (Å²) in [5.41, 5.74) is 36.7. The van der Waals surface area contributed by atoms with Gasteiger partial charge in [-0.15, -0.1) is 11.3 Å². The summed E-state index contributed by atoms with van der Waals surface area (Å²) in [6, 6.07) is 37.9. The molecule has 0 bridgehead atoms. The van der Waals surface area contributed by atoms with Gasteiger partial charge in [-0.2, -0.15) is 0 Å². The molecular weight excluding hydrogens is 720 g/mol. The predicted octanol–water partition coefficient (Wildman–Crippen LogP) is 14.1. The summed E-state index contributed by atoms with van der Waals surface area (Å²) < 4.78 is 12.8. The number of hydrogen-bond donors (Lipinski definition) is 4. The van der Waals surface area contributed by atoms with Gasteiger partial charge in [-0.05, 0) is 133 Å². The third-order valence-corrected chi connectivity index (χ3v) is 10.4. The quantitative estimate of drug-likeness (QED) is 0.131. The molecule has 0 fully saturated rings. The molecule has 0 saturated heterocycles. The van der Waals surface area contributed by atoms with Crippen molar-refractivity contribution in [2.24, 2.45) is 0 Å². The Hall–Kier alpha value is -5.07. The van der Waals surface area contributed by atoms with E-state index >= 15 is 0 Å². The van der Waals surface area contributed by atoms with Gasteiger partial charge in [0.1, 0.15) is 5.82 Å². The lowest BCUT2D eigenvalue weighted by Crippen LogP contribution is -2.14. The van der Waals surface area contributed by atoms with Crippen LogP contribution in [-0.2, 0) is 21.7 Å². The van der Waals surface area contributed by atoms with Crippen LogP contribution in [0.3, 0.4) is 0 Å². The summed E-state index contributed by atoms with van der Waals surface area (Å²) in [4.78, 5) is 1.30. The van der Waals surface area contributed by atoms with Gasteiger partial charge in [0.15, 0.2) is 0 Å². The molecule has 1 heterocycles. The summed E-state index contributed by atoms with van der Waals surface area (Å²) in [7, 11) is 0. The summed E-state index contributed by atoms with van der Waals surface area (Å²) in [6.07, 6.45) is 0. The second-order valence-corrected chi connectivity index (χ2v) is 19.7. The lowest BCUT2D eigenvalue weighted by molar-refractivity contribution is 0.574. The van der Waals surface area contributed by atoms with Crippen LogP contribution in [0.1, 0.15) is 111 Å². The van der Waals surface area contributed by atoms with Crippen LogP contribution in [0, 0.1) is 12.7 Å². The van der Waals surface area contributed by atoms with E-state index < -0.39 is 0 Å². The van der Waals surface area contributed by atoms with E-state index in [0.29, 0.717) is 5.69 Å². The summed E-state index contributed by atoms with van der Waals surface area (Å²) in [5, 5.41) is 2.10. The van der Waals surface area contributed by atoms with E-state index in [4.69, 9.17) is 22.9 Å². The first kappa shape index (κ1) is 46.3. The number of hydrogen-bond acceptors (Lipinski definition) is 5. The van der Waals surface area contributed by atoms with Crippen molar-refractivity contribution < 1.29 is 4.39 Å². The maximum absolute atomic E-state index is 12.8. The van der Waals surface area contributed by atoms with Crippen LogP contribution >= 0.6 is 11.3 Å². The van der Waals surface area contributed by atoms with E-state index in [1.54, 1.807) is 17.4 Å². The molecule has 0 aliphatic rings. The minimum absolute atomic E-state index is 0.0782. The van der Waals surface area contributed by atoms with E-state index in [0.717, 1.165) is 22.6 Å². The van der Waals surface area contributed by atoms with Crippen molar-refractivity contribution in [1.29, 1.82) is 0 Å². The fourth-order valence-corrected chi connectivity index (χ4v) is 7.08. The molecule has 6 aromatic rings. The lowest BCUT2D eigenvalue weighted by Gasteiger charge is -2.22. The van der Waals surface area contributed by atoms with Gasteiger partial charge in [-0.25, -0.2) is 4.39 Å². The lowest BCUT2D eigenvalue weighted by atomic mass is 9.84. The molecular formula is C51H67FN4S. The number of anilines is 4. The molecule has 0 aliphatic heterocycles. The number of nitrogen functional groups attached to an aromatic ring is 4. The van der Waals surface area contributed by atoms with Crippen LogP contribution in [0.25, 0.3) is 21.6 Å². The molecule has 6 rings (SSSR count). The molecule has 0 amide bonds. The zero-order valence-corrected chi connectivity index (χ0v) is 37.5. The van der Waals surface area contributed by atoms with Crippen LogP contribution in [-0.4, -0.2) is 0 Å². The molecule has 6 heteroatoms. The van der Waals surface area contributed by atoms with Crippen LogP contribution < -0.4 is 22.9 Å². The second-order valence-electron chi connectivity index (χ2n) is 18.8. The number of aryl methyl sites for hydroxylation is 1. The molecule has 1 aromatic heterocycles. The topological polar surface area (TPSA) is 104 Å². The highest BCUT2D eigenvalue weighted by Crippen LogP contribution is 2.35. The van der Waals surface area contributed by atoms with E-state index in [1.807, 2.05) is 45.0 Å². The number of rotatable bonds is 2. The van der Waals surface area contributed by atoms with Crippen LogP contribution in [0.15, 0.2) is 121 Å². The van der Waals surface area contributed by atoms with E-state index in [1.165, 1.54) is 56.0 Å². The van der Waals surface area contributed by atoms with Gasteiger partial charge in [0.05, 0.1) is 0 Å². The number of nitrogens with two attached hydrogens (primary N) is 4. The zero-order valence-electron chi connectivity index (χ0n) is 36.6. The highest BCUT2D eigenvalue weighted by Gasteiger charge is 2.20. The second kappa shape index (κ2) is 18.9. The first-order valence-corrected chi connectivity index (χ1v) is 20.5. The van der Waals surface area contributed by atoms with Gasteiger partial charge in [0.25, 0.3) is 0 Å². The third-order valence-electron chi connectivity index (χ3n) is 9.47. The van der Waals surface area contributed by atoms with Gasteiger partial charge in [0, 0.05) is 27.6 Å². The summed E-state index contributed by atoms with van der Waals surface area (Å²) >= 11 is 1.76. The molecule has 0 aliphatic carbocycles. The van der Waals surface area contributed by atoms with Gasteiger partial charge >= 0.3 is 0 Å². The van der Waals surface area contributed by atoms with Gasteiger partial charge in [-0.3, -0.25) is 0 Å². The molecule has 57 heavy (non-hydrogen) atoms. The molecule has 5 aromatic carbocycles. The van der Waals surface area contributed by atoms with Crippen LogP contribution in [0.2, 0.25) is 0 Å². The molecule has 0 saturated carbocycles. The molecule has 8 N–H and O–H groups in total. The molecule has 0 atom stereocenters. The Balaban J connectivity index is 0.000000206. The largest absolute Gasteiger partial charge is 0.398 e. The SMILES string of the molecule is CC(C)(C)c1cc(-c2ccccc2)ccc1N.CC(C)(C)c1cc(-c2cccs2)ccc1N.CC(C)(C)c1cc(F)ccc1N.Cc1ccc(C(C)(C)C)c(N)c1. The highest BCUT2D eigenvalue weighted by atomic mass is 32.1. The monoisotopic (exact) mass is 787 g/mol. The average Bonchev–Trinajstić information content (AvgIpc) is 3.64. The van der Waals surface area contributed by atoms with Crippen LogP contribution in [0.5, 0.6) is 0 Å². The Morgan fingerprint density at radius 1 is 0.404 bits per heavy atom. The molecule has 0 spiro atoms.